The van der Waals surface area contributed by atoms with E-state index >= 15 is 0 Å². The summed E-state index contributed by atoms with van der Waals surface area (Å²) in [5.41, 5.74) is 0.296. The van der Waals surface area contributed by atoms with Gasteiger partial charge in [-0.05, 0) is 43.5 Å². The second kappa shape index (κ2) is 6.37. The maximum Gasteiger partial charge on any atom is 0.273 e. The quantitative estimate of drug-likeness (QED) is 0.512. The highest BCUT2D eigenvalue weighted by Crippen LogP contribution is 2.27. The highest BCUT2D eigenvalue weighted by molar-refractivity contribution is 7.98. The van der Waals surface area contributed by atoms with Gasteiger partial charge in [-0.1, -0.05) is 6.07 Å². The minimum atomic E-state index is -3.88. The molecular weight excluding hydrogens is 324 g/mol. The van der Waals surface area contributed by atoms with Crippen molar-refractivity contribution in [1.82, 2.24) is 0 Å². The molecule has 0 spiro atoms. The summed E-state index contributed by atoms with van der Waals surface area (Å²) in [4.78, 5) is 11.2. The van der Waals surface area contributed by atoms with Crippen LogP contribution in [0, 0.1) is 17.0 Å². The van der Waals surface area contributed by atoms with E-state index < -0.39 is 14.9 Å². The summed E-state index contributed by atoms with van der Waals surface area (Å²) in [7, 11) is -3.88. The lowest BCUT2D eigenvalue weighted by atomic mass is 10.2. The van der Waals surface area contributed by atoms with E-state index in [9.17, 15) is 18.5 Å². The van der Waals surface area contributed by atoms with Crippen LogP contribution in [0.2, 0.25) is 0 Å². The zero-order chi connectivity index (χ0) is 16.3. The first-order chi connectivity index (χ1) is 10.3. The number of nitro groups is 1. The molecule has 0 radical (unpaired) electrons. The smallest absolute Gasteiger partial charge is 0.273 e. The van der Waals surface area contributed by atoms with Crippen LogP contribution in [0.3, 0.4) is 0 Å². The highest BCUT2D eigenvalue weighted by atomic mass is 32.2. The second-order valence-corrected chi connectivity index (χ2v) is 7.02. The van der Waals surface area contributed by atoms with Crippen molar-refractivity contribution in [2.75, 3.05) is 11.0 Å². The van der Waals surface area contributed by atoms with Gasteiger partial charge in [0.25, 0.3) is 15.7 Å². The second-order valence-electron chi connectivity index (χ2n) is 4.49. The fraction of sp³-hybridized carbons (Fsp3) is 0.143. The first-order valence-electron chi connectivity index (χ1n) is 6.26. The number of anilines is 1. The first-order valence-corrected chi connectivity index (χ1v) is 8.97. The third kappa shape index (κ3) is 3.40. The van der Waals surface area contributed by atoms with Gasteiger partial charge in [0.15, 0.2) is 0 Å². The molecule has 0 saturated heterocycles. The predicted octanol–water partition coefficient (Wildman–Crippen LogP) is 3.43. The molecule has 0 aliphatic rings. The summed E-state index contributed by atoms with van der Waals surface area (Å²) in [6.45, 7) is 1.42. The molecule has 0 amide bonds. The molecule has 2 rings (SSSR count). The Balaban J connectivity index is 2.38. The summed E-state index contributed by atoms with van der Waals surface area (Å²) < 4.78 is 27.3. The third-order valence-electron chi connectivity index (χ3n) is 3.08. The SMILES string of the molecule is CSc1ccc(NS(=O)(=O)c2cccc([N+](=O)[O-])c2C)cc1. The Hall–Kier alpha value is -2.06. The van der Waals surface area contributed by atoms with Crippen LogP contribution >= 0.6 is 11.8 Å². The normalized spacial score (nSPS) is 11.2. The molecule has 116 valence electrons. The van der Waals surface area contributed by atoms with Crippen LogP contribution in [0.25, 0.3) is 0 Å². The van der Waals surface area contributed by atoms with Crippen LogP contribution in [0.4, 0.5) is 11.4 Å². The lowest BCUT2D eigenvalue weighted by molar-refractivity contribution is -0.385. The van der Waals surface area contributed by atoms with E-state index in [-0.39, 0.29) is 16.1 Å². The Morgan fingerprint density at radius 2 is 1.77 bits per heavy atom. The molecule has 0 aromatic heterocycles. The van der Waals surface area contributed by atoms with Crippen molar-refractivity contribution < 1.29 is 13.3 Å². The molecule has 0 unspecified atom stereocenters. The van der Waals surface area contributed by atoms with Crippen molar-refractivity contribution in [1.29, 1.82) is 0 Å². The molecule has 2 aromatic carbocycles. The Kier molecular flexibility index (Phi) is 4.72. The Bertz CT molecular complexity index is 802. The van der Waals surface area contributed by atoms with E-state index in [4.69, 9.17) is 0 Å². The van der Waals surface area contributed by atoms with Crippen molar-refractivity contribution in [3.63, 3.8) is 0 Å². The maximum atomic E-state index is 12.4. The Morgan fingerprint density at radius 3 is 2.32 bits per heavy atom. The highest BCUT2D eigenvalue weighted by Gasteiger charge is 2.22. The number of nitro benzene ring substituents is 1. The van der Waals surface area contributed by atoms with Crippen molar-refractivity contribution >= 4 is 33.2 Å². The molecule has 1 N–H and O–H groups in total. The standard InChI is InChI=1S/C14H14N2O4S2/c1-10-13(16(17)18)4-3-5-14(10)22(19,20)15-11-6-8-12(21-2)9-7-11/h3-9,15H,1-2H3. The fourth-order valence-electron chi connectivity index (χ4n) is 1.96. The van der Waals surface area contributed by atoms with Crippen LogP contribution < -0.4 is 4.72 Å². The first kappa shape index (κ1) is 16.3. The minimum Gasteiger partial charge on any atom is -0.280 e. The van der Waals surface area contributed by atoms with Gasteiger partial charge in [-0.15, -0.1) is 11.8 Å². The largest absolute Gasteiger partial charge is 0.280 e. The summed E-state index contributed by atoms with van der Waals surface area (Å²) in [5, 5.41) is 10.9. The average Bonchev–Trinajstić information content (AvgIpc) is 2.47. The molecule has 2 aromatic rings. The molecule has 0 saturated carbocycles. The van der Waals surface area contributed by atoms with Crippen LogP contribution in [0.1, 0.15) is 5.56 Å². The molecule has 0 atom stereocenters. The van der Waals surface area contributed by atoms with Gasteiger partial charge in [-0.2, -0.15) is 0 Å². The summed E-state index contributed by atoms with van der Waals surface area (Å²) in [6.07, 6.45) is 1.92. The van der Waals surface area contributed by atoms with Gasteiger partial charge in [0, 0.05) is 22.2 Å². The summed E-state index contributed by atoms with van der Waals surface area (Å²) >= 11 is 1.55. The molecule has 0 aliphatic heterocycles. The number of sulfonamides is 1. The number of thioether (sulfide) groups is 1. The lowest BCUT2D eigenvalue weighted by Crippen LogP contribution is -2.14. The predicted molar refractivity (Wildman–Crippen MR) is 86.9 cm³/mol. The molecule has 6 nitrogen and oxygen atoms in total. The zero-order valence-corrected chi connectivity index (χ0v) is 13.6. The van der Waals surface area contributed by atoms with E-state index in [1.807, 2.05) is 6.26 Å². The molecule has 8 heteroatoms. The minimum absolute atomic E-state index is 0.101. The van der Waals surface area contributed by atoms with E-state index in [0.29, 0.717) is 5.69 Å². The van der Waals surface area contributed by atoms with Crippen molar-refractivity contribution in [2.45, 2.75) is 16.7 Å². The maximum absolute atomic E-state index is 12.4. The zero-order valence-electron chi connectivity index (χ0n) is 11.9. The molecule has 0 fully saturated rings. The molecule has 0 bridgehead atoms. The Morgan fingerprint density at radius 1 is 1.14 bits per heavy atom. The van der Waals surface area contributed by atoms with E-state index in [0.717, 1.165) is 4.90 Å². The number of hydrogen-bond acceptors (Lipinski definition) is 5. The van der Waals surface area contributed by atoms with Gasteiger partial charge in [-0.25, -0.2) is 8.42 Å². The van der Waals surface area contributed by atoms with E-state index in [1.165, 1.54) is 25.1 Å². The molecule has 22 heavy (non-hydrogen) atoms. The summed E-state index contributed by atoms with van der Waals surface area (Å²) in [5.74, 6) is 0. The molecule has 0 heterocycles. The van der Waals surface area contributed by atoms with Gasteiger partial charge >= 0.3 is 0 Å². The van der Waals surface area contributed by atoms with Crippen LogP contribution in [-0.2, 0) is 10.0 Å². The number of nitrogens with zero attached hydrogens (tertiary/aromatic N) is 1. The van der Waals surface area contributed by atoms with Gasteiger partial charge in [0.05, 0.1) is 9.82 Å². The number of rotatable bonds is 5. The monoisotopic (exact) mass is 338 g/mol. The van der Waals surface area contributed by atoms with Crippen molar-refractivity contribution in [3.05, 3.63) is 58.1 Å². The van der Waals surface area contributed by atoms with Crippen LogP contribution in [-0.4, -0.2) is 19.6 Å². The van der Waals surface area contributed by atoms with Crippen molar-refractivity contribution in [3.8, 4) is 0 Å². The van der Waals surface area contributed by atoms with Crippen LogP contribution in [0.15, 0.2) is 52.3 Å². The lowest BCUT2D eigenvalue weighted by Gasteiger charge is -2.10. The number of hydrogen-bond donors (Lipinski definition) is 1. The van der Waals surface area contributed by atoms with Crippen molar-refractivity contribution in [2.24, 2.45) is 0 Å². The van der Waals surface area contributed by atoms with Gasteiger partial charge in [-0.3, -0.25) is 14.8 Å². The summed E-state index contributed by atoms with van der Waals surface area (Å²) in [6, 6.07) is 10.9. The third-order valence-corrected chi connectivity index (χ3v) is 5.35. The number of nitrogens with one attached hydrogen (secondary N) is 1. The molecule has 0 aliphatic carbocycles. The van der Waals surface area contributed by atoms with Crippen LogP contribution in [0.5, 0.6) is 0 Å². The topological polar surface area (TPSA) is 89.3 Å². The average molecular weight is 338 g/mol. The van der Waals surface area contributed by atoms with Gasteiger partial charge in [0.1, 0.15) is 0 Å². The van der Waals surface area contributed by atoms with Gasteiger partial charge in [0.2, 0.25) is 0 Å². The molecular formula is C14H14N2O4S2. The van der Waals surface area contributed by atoms with E-state index in [2.05, 4.69) is 4.72 Å². The van der Waals surface area contributed by atoms with Gasteiger partial charge < -0.3 is 0 Å². The fourth-order valence-corrected chi connectivity index (χ4v) is 3.69. The van der Waals surface area contributed by atoms with E-state index in [1.54, 1.807) is 36.0 Å². The number of benzene rings is 2. The Labute approximate surface area is 132 Å².